The van der Waals surface area contributed by atoms with E-state index in [0.717, 1.165) is 5.56 Å². The summed E-state index contributed by atoms with van der Waals surface area (Å²) in [6.07, 6.45) is 4.44. The van der Waals surface area contributed by atoms with Gasteiger partial charge in [0.2, 0.25) is 0 Å². The molecule has 176 valence electrons. The predicted molar refractivity (Wildman–Crippen MR) is 122 cm³/mol. The van der Waals surface area contributed by atoms with Crippen molar-refractivity contribution in [2.45, 2.75) is 51.4 Å². The molecular weight excluding hydrogens is 437 g/mol. The average molecular weight is 464 g/mol. The number of hydrogen-bond acceptors (Lipinski definition) is 6. The van der Waals surface area contributed by atoms with E-state index in [1.807, 2.05) is 18.3 Å². The number of likely N-dealkylation sites (tertiary alicyclic amines) is 1. The molecular formula is C25H26FN5O3. The number of piperidine rings is 1. The summed E-state index contributed by atoms with van der Waals surface area (Å²) in [6.45, 7) is 5.13. The van der Waals surface area contributed by atoms with Crippen molar-refractivity contribution in [3.05, 3.63) is 77.7 Å². The maximum Gasteiger partial charge on any atom is 0.332 e. The number of amides is 3. The standard InChI is InChI=1S/C25H26FN5O3/c1-17-13-25(8-10-29(17)15-19-5-4-9-27-14-19)23(32)30(16-21-11-18(2)34-28-21)24(33)31(25)22-7-3-6-20(26)12-22/h3-7,9,11-12,14,17H,8,10,13,15-16H2,1-2H3/t17-,25+/m0/s1. The molecule has 34 heavy (non-hydrogen) atoms. The summed E-state index contributed by atoms with van der Waals surface area (Å²) in [6, 6.07) is 11.0. The maximum atomic E-state index is 14.2. The summed E-state index contributed by atoms with van der Waals surface area (Å²) < 4.78 is 19.3. The zero-order valence-electron chi connectivity index (χ0n) is 19.1. The minimum Gasteiger partial charge on any atom is -0.361 e. The molecule has 2 aliphatic rings. The lowest BCUT2D eigenvalue weighted by molar-refractivity contribution is -0.133. The quantitative estimate of drug-likeness (QED) is 0.534. The first kappa shape index (κ1) is 22.2. The van der Waals surface area contributed by atoms with Gasteiger partial charge in [-0.3, -0.25) is 24.5 Å². The topological polar surface area (TPSA) is 82.8 Å². The van der Waals surface area contributed by atoms with Gasteiger partial charge in [0.25, 0.3) is 5.91 Å². The van der Waals surface area contributed by atoms with E-state index in [0.29, 0.717) is 43.1 Å². The number of anilines is 1. The van der Waals surface area contributed by atoms with Crippen LogP contribution in [0.5, 0.6) is 0 Å². The number of pyridine rings is 1. The molecule has 2 aliphatic heterocycles. The Labute approximate surface area is 197 Å². The van der Waals surface area contributed by atoms with Gasteiger partial charge in [-0.25, -0.2) is 9.18 Å². The van der Waals surface area contributed by atoms with Gasteiger partial charge in [-0.2, -0.15) is 0 Å². The summed E-state index contributed by atoms with van der Waals surface area (Å²) in [5.41, 5.74) is 0.876. The Morgan fingerprint density at radius 1 is 1.18 bits per heavy atom. The van der Waals surface area contributed by atoms with Gasteiger partial charge in [0.15, 0.2) is 0 Å². The second-order valence-electron chi connectivity index (χ2n) is 9.08. The number of hydrogen-bond donors (Lipinski definition) is 0. The number of carbonyl (C=O) groups excluding carboxylic acids is 2. The van der Waals surface area contributed by atoms with Gasteiger partial charge in [-0.15, -0.1) is 0 Å². The van der Waals surface area contributed by atoms with E-state index in [-0.39, 0.29) is 18.5 Å². The van der Waals surface area contributed by atoms with Crippen LogP contribution in [0.3, 0.4) is 0 Å². The third-order valence-electron chi connectivity index (χ3n) is 6.73. The first-order chi connectivity index (χ1) is 16.4. The number of carbonyl (C=O) groups is 2. The molecule has 5 rings (SSSR count). The van der Waals surface area contributed by atoms with Crippen molar-refractivity contribution in [2.75, 3.05) is 11.4 Å². The molecule has 2 atom stereocenters. The molecule has 0 saturated carbocycles. The fourth-order valence-electron chi connectivity index (χ4n) is 5.13. The zero-order valence-corrected chi connectivity index (χ0v) is 19.1. The van der Waals surface area contributed by atoms with Crippen molar-refractivity contribution >= 4 is 17.6 Å². The van der Waals surface area contributed by atoms with E-state index in [4.69, 9.17) is 4.52 Å². The lowest BCUT2D eigenvalue weighted by Crippen LogP contribution is -2.59. The molecule has 8 nitrogen and oxygen atoms in total. The molecule has 3 amide bonds. The molecule has 0 radical (unpaired) electrons. The first-order valence-corrected chi connectivity index (χ1v) is 11.3. The van der Waals surface area contributed by atoms with Crippen molar-refractivity contribution in [2.24, 2.45) is 0 Å². The molecule has 4 heterocycles. The van der Waals surface area contributed by atoms with Gasteiger partial charge < -0.3 is 4.52 Å². The second kappa shape index (κ2) is 8.64. The van der Waals surface area contributed by atoms with Crippen LogP contribution in [0.4, 0.5) is 14.9 Å². The molecule has 1 spiro atoms. The minimum atomic E-state index is -1.09. The molecule has 9 heteroatoms. The molecule has 0 aliphatic carbocycles. The highest BCUT2D eigenvalue weighted by Gasteiger charge is 2.59. The van der Waals surface area contributed by atoms with E-state index < -0.39 is 17.4 Å². The Kier molecular flexibility index (Phi) is 5.65. The van der Waals surface area contributed by atoms with E-state index in [1.54, 1.807) is 31.3 Å². The largest absolute Gasteiger partial charge is 0.361 e. The van der Waals surface area contributed by atoms with Crippen LogP contribution in [0, 0.1) is 12.7 Å². The molecule has 1 aromatic carbocycles. The Bertz CT molecular complexity index is 1220. The van der Waals surface area contributed by atoms with Gasteiger partial charge in [-0.1, -0.05) is 17.3 Å². The van der Waals surface area contributed by atoms with E-state index >= 15 is 0 Å². The number of nitrogens with zero attached hydrogens (tertiary/aromatic N) is 5. The van der Waals surface area contributed by atoms with Crippen LogP contribution in [0.1, 0.15) is 36.8 Å². The Morgan fingerprint density at radius 2 is 2.03 bits per heavy atom. The number of aromatic nitrogens is 2. The molecule has 0 N–H and O–H groups in total. The monoisotopic (exact) mass is 463 g/mol. The Hall–Kier alpha value is -3.59. The van der Waals surface area contributed by atoms with Gasteiger partial charge in [-0.05, 0) is 56.5 Å². The van der Waals surface area contributed by atoms with Crippen LogP contribution >= 0.6 is 0 Å². The number of imide groups is 1. The van der Waals surface area contributed by atoms with Crippen LogP contribution < -0.4 is 4.90 Å². The van der Waals surface area contributed by atoms with Crippen LogP contribution in [0.25, 0.3) is 0 Å². The van der Waals surface area contributed by atoms with Crippen LogP contribution in [0.15, 0.2) is 59.4 Å². The third kappa shape index (κ3) is 3.86. The van der Waals surface area contributed by atoms with Crippen molar-refractivity contribution in [3.8, 4) is 0 Å². The normalized spacial score (nSPS) is 23.3. The maximum absolute atomic E-state index is 14.2. The van der Waals surface area contributed by atoms with Crippen molar-refractivity contribution < 1.29 is 18.5 Å². The lowest BCUT2D eigenvalue weighted by Gasteiger charge is -2.45. The van der Waals surface area contributed by atoms with Gasteiger partial charge >= 0.3 is 6.03 Å². The van der Waals surface area contributed by atoms with Gasteiger partial charge in [0.1, 0.15) is 22.8 Å². The first-order valence-electron chi connectivity index (χ1n) is 11.3. The SMILES string of the molecule is Cc1cc(CN2C(=O)N(c3cccc(F)c3)[C@@]3(CCN(Cc4cccnc4)[C@@H](C)C3)C2=O)no1. The van der Waals surface area contributed by atoms with Crippen molar-refractivity contribution in [1.29, 1.82) is 0 Å². The predicted octanol–water partition coefficient (Wildman–Crippen LogP) is 3.91. The van der Waals surface area contributed by atoms with Gasteiger partial charge in [0.05, 0.1) is 6.54 Å². The Morgan fingerprint density at radius 3 is 2.71 bits per heavy atom. The summed E-state index contributed by atoms with van der Waals surface area (Å²) >= 11 is 0. The minimum absolute atomic E-state index is 0.0102. The smallest absolute Gasteiger partial charge is 0.332 e. The lowest BCUT2D eigenvalue weighted by atomic mass is 9.81. The van der Waals surface area contributed by atoms with Crippen LogP contribution in [-0.4, -0.2) is 50.0 Å². The van der Waals surface area contributed by atoms with E-state index in [2.05, 4.69) is 22.0 Å². The summed E-state index contributed by atoms with van der Waals surface area (Å²) in [5.74, 6) is -0.140. The van der Waals surface area contributed by atoms with Crippen molar-refractivity contribution in [1.82, 2.24) is 19.9 Å². The molecule has 3 aromatic rings. The van der Waals surface area contributed by atoms with Crippen LogP contribution in [0.2, 0.25) is 0 Å². The summed E-state index contributed by atoms with van der Waals surface area (Å²) in [7, 11) is 0. The molecule has 2 aromatic heterocycles. The fourth-order valence-corrected chi connectivity index (χ4v) is 5.13. The molecule has 2 fully saturated rings. The highest BCUT2D eigenvalue weighted by atomic mass is 19.1. The van der Waals surface area contributed by atoms with E-state index in [1.165, 1.54) is 21.9 Å². The van der Waals surface area contributed by atoms with E-state index in [9.17, 15) is 14.0 Å². The summed E-state index contributed by atoms with van der Waals surface area (Å²) in [5, 5.41) is 3.95. The number of halogens is 1. The third-order valence-corrected chi connectivity index (χ3v) is 6.73. The molecule has 0 unspecified atom stereocenters. The van der Waals surface area contributed by atoms with Crippen LogP contribution in [-0.2, 0) is 17.9 Å². The zero-order chi connectivity index (χ0) is 23.9. The summed E-state index contributed by atoms with van der Waals surface area (Å²) in [4.78, 5) is 36.7. The fraction of sp³-hybridized carbons (Fsp3) is 0.360. The second-order valence-corrected chi connectivity index (χ2v) is 9.08. The van der Waals surface area contributed by atoms with Crippen molar-refractivity contribution in [3.63, 3.8) is 0 Å². The number of aryl methyl sites for hydroxylation is 1. The highest BCUT2D eigenvalue weighted by Crippen LogP contribution is 2.43. The molecule has 2 saturated heterocycles. The number of rotatable bonds is 5. The number of benzene rings is 1. The Balaban J connectivity index is 1.47. The number of urea groups is 1. The highest BCUT2D eigenvalue weighted by molar-refractivity contribution is 6.16. The average Bonchev–Trinajstić information content (AvgIpc) is 3.31. The molecule has 0 bridgehead atoms. The van der Waals surface area contributed by atoms with Gasteiger partial charge in [0, 0.05) is 43.3 Å².